The summed E-state index contributed by atoms with van der Waals surface area (Å²) >= 11 is 0. The molecule has 0 aliphatic heterocycles. The van der Waals surface area contributed by atoms with Crippen molar-refractivity contribution in [1.29, 1.82) is 0 Å². The first-order valence-electron chi connectivity index (χ1n) is 6.53. The zero-order valence-corrected chi connectivity index (χ0v) is 11.9. The largest absolute Gasteiger partial charge is 0.494 e. The van der Waals surface area contributed by atoms with Gasteiger partial charge < -0.3 is 14.8 Å². The van der Waals surface area contributed by atoms with E-state index in [1.807, 2.05) is 45.0 Å². The molecular formula is C15H22NO3. The van der Waals surface area contributed by atoms with E-state index in [-0.39, 0.29) is 6.09 Å². The number of carbonyl (C=O) groups excluding carboxylic acids is 1. The fraction of sp³-hybridized carbons (Fsp3) is 0.533. The molecule has 19 heavy (non-hydrogen) atoms. The summed E-state index contributed by atoms with van der Waals surface area (Å²) in [7, 11) is 0. The topological polar surface area (TPSA) is 47.6 Å². The predicted octanol–water partition coefficient (Wildman–Crippen LogP) is 3.17. The van der Waals surface area contributed by atoms with Crippen LogP contribution in [0.1, 0.15) is 33.6 Å². The molecule has 0 unspecified atom stereocenters. The molecule has 1 rings (SSSR count). The summed E-state index contributed by atoms with van der Waals surface area (Å²) < 4.78 is 10.7. The second kappa shape index (κ2) is 7.67. The number of nitrogens with one attached hydrogen (secondary N) is 1. The molecule has 0 atom stereocenters. The molecule has 1 aromatic rings. The lowest BCUT2D eigenvalue weighted by atomic mass is 10.2. The van der Waals surface area contributed by atoms with Crippen LogP contribution >= 0.6 is 0 Å². The maximum absolute atomic E-state index is 11.3. The average Bonchev–Trinajstić information content (AvgIpc) is 2.32. The predicted molar refractivity (Wildman–Crippen MR) is 74.2 cm³/mol. The van der Waals surface area contributed by atoms with Gasteiger partial charge in [0.25, 0.3) is 0 Å². The molecule has 0 bridgehead atoms. The molecule has 0 aromatic heterocycles. The summed E-state index contributed by atoms with van der Waals surface area (Å²) in [4.78, 5) is 11.3. The van der Waals surface area contributed by atoms with Gasteiger partial charge in [0.2, 0.25) is 0 Å². The van der Waals surface area contributed by atoms with Crippen molar-refractivity contribution in [2.75, 3.05) is 13.2 Å². The van der Waals surface area contributed by atoms with E-state index in [9.17, 15) is 4.79 Å². The molecule has 4 heteroatoms. The third-order valence-corrected chi connectivity index (χ3v) is 2.20. The van der Waals surface area contributed by atoms with Crippen molar-refractivity contribution in [2.24, 2.45) is 0 Å². The zero-order valence-electron chi connectivity index (χ0n) is 11.9. The molecule has 0 heterocycles. The number of hydrogen-bond donors (Lipinski definition) is 1. The Morgan fingerprint density at radius 2 is 1.95 bits per heavy atom. The van der Waals surface area contributed by atoms with Crippen LogP contribution in [0.5, 0.6) is 5.75 Å². The first kappa shape index (κ1) is 15.3. The summed E-state index contributed by atoms with van der Waals surface area (Å²) in [5.41, 5.74) is -0.447. The van der Waals surface area contributed by atoms with E-state index in [0.29, 0.717) is 13.2 Å². The van der Waals surface area contributed by atoms with E-state index in [1.165, 1.54) is 0 Å². The molecule has 105 valence electrons. The van der Waals surface area contributed by atoms with Crippen LogP contribution in [0.4, 0.5) is 4.79 Å². The molecule has 0 spiro atoms. The van der Waals surface area contributed by atoms with Crippen molar-refractivity contribution in [3.63, 3.8) is 0 Å². The average molecular weight is 264 g/mol. The van der Waals surface area contributed by atoms with Crippen molar-refractivity contribution in [3.05, 3.63) is 30.3 Å². The number of unbranched alkanes of at least 4 members (excludes halogenated alkanes) is 1. The number of carbonyl (C=O) groups is 1. The molecule has 4 nitrogen and oxygen atoms in total. The van der Waals surface area contributed by atoms with Crippen molar-refractivity contribution >= 4 is 6.09 Å². The van der Waals surface area contributed by atoms with E-state index < -0.39 is 5.60 Å². The molecule has 0 saturated carbocycles. The molecule has 1 N–H and O–H groups in total. The second-order valence-electron chi connectivity index (χ2n) is 5.22. The zero-order chi connectivity index (χ0) is 14.1. The highest BCUT2D eigenvalue weighted by Gasteiger charge is 2.15. The van der Waals surface area contributed by atoms with E-state index in [0.717, 1.165) is 18.6 Å². The normalized spacial score (nSPS) is 10.9. The summed E-state index contributed by atoms with van der Waals surface area (Å²) in [5.74, 6) is 0.846. The fourth-order valence-electron chi connectivity index (χ4n) is 1.39. The highest BCUT2D eigenvalue weighted by molar-refractivity contribution is 5.67. The van der Waals surface area contributed by atoms with Crippen LogP contribution in [-0.4, -0.2) is 24.8 Å². The van der Waals surface area contributed by atoms with Crippen LogP contribution in [0.15, 0.2) is 24.3 Å². The molecule has 0 aliphatic rings. The number of rotatable bonds is 6. The van der Waals surface area contributed by atoms with Gasteiger partial charge in [-0.1, -0.05) is 12.1 Å². The van der Waals surface area contributed by atoms with Crippen LogP contribution in [0, 0.1) is 6.07 Å². The Balaban J connectivity index is 2.01. The van der Waals surface area contributed by atoms with Gasteiger partial charge in [-0.2, -0.15) is 0 Å². The van der Waals surface area contributed by atoms with E-state index in [1.54, 1.807) is 0 Å². The van der Waals surface area contributed by atoms with Crippen molar-refractivity contribution in [2.45, 2.75) is 39.2 Å². The highest BCUT2D eigenvalue weighted by atomic mass is 16.6. The first-order chi connectivity index (χ1) is 8.97. The lowest BCUT2D eigenvalue weighted by molar-refractivity contribution is 0.0526. The molecule has 0 saturated heterocycles. The van der Waals surface area contributed by atoms with E-state index in [4.69, 9.17) is 9.47 Å². The van der Waals surface area contributed by atoms with Gasteiger partial charge in [-0.3, -0.25) is 0 Å². The molecule has 1 aromatic carbocycles. The Morgan fingerprint density at radius 1 is 1.26 bits per heavy atom. The van der Waals surface area contributed by atoms with Gasteiger partial charge in [0.05, 0.1) is 6.61 Å². The maximum Gasteiger partial charge on any atom is 0.407 e. The Labute approximate surface area is 115 Å². The first-order valence-corrected chi connectivity index (χ1v) is 6.53. The van der Waals surface area contributed by atoms with Gasteiger partial charge in [0.1, 0.15) is 11.4 Å². The summed E-state index contributed by atoms with van der Waals surface area (Å²) in [6, 6.07) is 10.3. The van der Waals surface area contributed by atoms with Crippen LogP contribution in [-0.2, 0) is 4.74 Å². The summed E-state index contributed by atoms with van der Waals surface area (Å²) in [6.45, 7) is 6.77. The van der Waals surface area contributed by atoms with E-state index >= 15 is 0 Å². The minimum Gasteiger partial charge on any atom is -0.494 e. The second-order valence-corrected chi connectivity index (χ2v) is 5.22. The molecule has 1 radical (unpaired) electrons. The van der Waals surface area contributed by atoms with Gasteiger partial charge in [-0.25, -0.2) is 4.79 Å². The Morgan fingerprint density at radius 3 is 2.58 bits per heavy atom. The number of alkyl carbamates (subject to hydrolysis) is 1. The molecular weight excluding hydrogens is 242 g/mol. The lowest BCUT2D eigenvalue weighted by Crippen LogP contribution is -2.33. The highest BCUT2D eigenvalue weighted by Crippen LogP contribution is 2.08. The Hall–Kier alpha value is -1.71. The monoisotopic (exact) mass is 264 g/mol. The summed E-state index contributed by atoms with van der Waals surface area (Å²) in [5, 5.41) is 2.72. The van der Waals surface area contributed by atoms with Gasteiger partial charge in [0.15, 0.2) is 0 Å². The maximum atomic E-state index is 11.3. The van der Waals surface area contributed by atoms with Crippen molar-refractivity contribution < 1.29 is 14.3 Å². The molecule has 0 fully saturated rings. The van der Waals surface area contributed by atoms with Crippen LogP contribution in [0.3, 0.4) is 0 Å². The lowest BCUT2D eigenvalue weighted by Gasteiger charge is -2.19. The van der Waals surface area contributed by atoms with Gasteiger partial charge >= 0.3 is 6.09 Å². The van der Waals surface area contributed by atoms with Gasteiger partial charge in [-0.15, -0.1) is 0 Å². The number of hydrogen-bond acceptors (Lipinski definition) is 3. The third-order valence-electron chi connectivity index (χ3n) is 2.20. The standard InChI is InChI=1S/C15H22NO3/c1-15(2,3)19-14(17)16-11-7-8-12-18-13-9-5-4-6-10-13/h5-6,9-10H,7-8,11-12H2,1-3H3,(H,16,17). The summed E-state index contributed by atoms with van der Waals surface area (Å²) in [6.07, 6.45) is 1.37. The minimum absolute atomic E-state index is 0.369. The minimum atomic E-state index is -0.447. The quantitative estimate of drug-likeness (QED) is 0.803. The Bertz CT molecular complexity index is 371. The Kier molecular flexibility index (Phi) is 6.19. The van der Waals surface area contributed by atoms with Gasteiger partial charge in [-0.05, 0) is 51.8 Å². The van der Waals surface area contributed by atoms with Gasteiger partial charge in [0, 0.05) is 6.54 Å². The number of amides is 1. The number of benzene rings is 1. The van der Waals surface area contributed by atoms with Crippen molar-refractivity contribution in [1.82, 2.24) is 5.32 Å². The smallest absolute Gasteiger partial charge is 0.407 e. The number of ether oxygens (including phenoxy) is 2. The fourth-order valence-corrected chi connectivity index (χ4v) is 1.39. The van der Waals surface area contributed by atoms with Crippen molar-refractivity contribution in [3.8, 4) is 5.75 Å². The van der Waals surface area contributed by atoms with Crippen LogP contribution < -0.4 is 10.1 Å². The SMILES string of the molecule is CC(C)(C)OC(=O)NCCCCOc1cc[c]cc1. The van der Waals surface area contributed by atoms with Crippen LogP contribution in [0.2, 0.25) is 0 Å². The molecule has 0 aliphatic carbocycles. The van der Waals surface area contributed by atoms with Crippen LogP contribution in [0.25, 0.3) is 0 Å². The third kappa shape index (κ3) is 8.08. The molecule has 1 amide bonds. The van der Waals surface area contributed by atoms with E-state index in [2.05, 4.69) is 11.4 Å².